The second kappa shape index (κ2) is 4.97. The molecule has 0 aliphatic heterocycles. The number of rotatable bonds is 4. The Hall–Kier alpha value is -0.940. The molecule has 0 aromatic carbocycles. The minimum absolute atomic E-state index is 0.575. The number of aromatic nitrogens is 2. The highest BCUT2D eigenvalue weighted by Gasteiger charge is 2.27. The van der Waals surface area contributed by atoms with Gasteiger partial charge >= 0.3 is 0 Å². The molecule has 2 aromatic heterocycles. The lowest BCUT2D eigenvalue weighted by Gasteiger charge is -2.07. The molecule has 1 saturated carbocycles. The van der Waals surface area contributed by atoms with Crippen LogP contribution < -0.4 is 5.32 Å². The molecule has 0 atom stereocenters. The molecule has 1 fully saturated rings. The minimum atomic E-state index is 0.575. The van der Waals surface area contributed by atoms with Crippen LogP contribution in [0.2, 0.25) is 0 Å². The summed E-state index contributed by atoms with van der Waals surface area (Å²) >= 11 is 5.19. The van der Waals surface area contributed by atoms with Crippen molar-refractivity contribution in [3.63, 3.8) is 0 Å². The van der Waals surface area contributed by atoms with E-state index in [1.165, 1.54) is 24.0 Å². The summed E-state index contributed by atoms with van der Waals surface area (Å²) < 4.78 is 0.865. The number of hydrogen-bond donors (Lipinski definition) is 1. The van der Waals surface area contributed by atoms with E-state index in [9.17, 15) is 0 Å². The predicted octanol–water partition coefficient (Wildman–Crippen LogP) is 4.10. The average molecular weight is 324 g/mol. The van der Waals surface area contributed by atoms with Crippen LogP contribution >= 0.6 is 27.3 Å². The number of anilines is 1. The molecule has 1 N–H and O–H groups in total. The van der Waals surface area contributed by atoms with Crippen LogP contribution in [0.4, 0.5) is 5.82 Å². The van der Waals surface area contributed by atoms with Crippen LogP contribution in [-0.4, -0.2) is 9.97 Å². The van der Waals surface area contributed by atoms with Crippen molar-refractivity contribution in [2.24, 2.45) is 0 Å². The third-order valence-electron chi connectivity index (χ3n) is 3.08. The number of hydrogen-bond acceptors (Lipinski definition) is 4. The van der Waals surface area contributed by atoms with Crippen LogP contribution in [0.5, 0.6) is 0 Å². The van der Waals surface area contributed by atoms with Gasteiger partial charge in [0.05, 0.1) is 0 Å². The third-order valence-corrected chi connectivity index (χ3v) is 4.39. The van der Waals surface area contributed by atoms with Crippen molar-refractivity contribution in [2.75, 3.05) is 5.32 Å². The van der Waals surface area contributed by atoms with Gasteiger partial charge in [-0.1, -0.05) is 0 Å². The summed E-state index contributed by atoms with van der Waals surface area (Å²) in [6.07, 6.45) is 2.44. The lowest BCUT2D eigenvalue weighted by Crippen LogP contribution is -2.04. The molecule has 0 unspecified atom stereocenters. The van der Waals surface area contributed by atoms with E-state index in [0.29, 0.717) is 5.92 Å². The summed E-state index contributed by atoms with van der Waals surface area (Å²) in [5.41, 5.74) is 2.67. The van der Waals surface area contributed by atoms with Crippen LogP contribution in [0.1, 0.15) is 35.7 Å². The lowest BCUT2D eigenvalue weighted by molar-refractivity contribution is 0.910. The van der Waals surface area contributed by atoms with Crippen molar-refractivity contribution in [1.29, 1.82) is 0 Å². The van der Waals surface area contributed by atoms with Crippen LogP contribution in [0.3, 0.4) is 0 Å². The van der Waals surface area contributed by atoms with Crippen molar-refractivity contribution in [2.45, 2.75) is 32.2 Å². The first-order valence-electron chi connectivity index (χ1n) is 6.02. The van der Waals surface area contributed by atoms with Gasteiger partial charge in [0, 0.05) is 18.5 Å². The molecule has 0 radical (unpaired) electrons. The maximum atomic E-state index is 4.58. The molecule has 3 rings (SSSR count). The van der Waals surface area contributed by atoms with Crippen molar-refractivity contribution in [1.82, 2.24) is 9.97 Å². The first-order chi connectivity index (χ1) is 8.72. The van der Waals surface area contributed by atoms with Crippen LogP contribution in [-0.2, 0) is 6.54 Å². The number of nitrogens with zero attached hydrogens (tertiary/aromatic N) is 2. The second-order valence-electron chi connectivity index (χ2n) is 4.64. The largest absolute Gasteiger partial charge is 0.366 e. The smallest absolute Gasteiger partial charge is 0.135 e. The quantitative estimate of drug-likeness (QED) is 0.861. The fourth-order valence-electron chi connectivity index (χ4n) is 1.80. The average Bonchev–Trinajstić information content (AvgIpc) is 3.11. The van der Waals surface area contributed by atoms with Gasteiger partial charge < -0.3 is 5.32 Å². The fourth-order valence-corrected chi connectivity index (χ4v) is 3.06. The summed E-state index contributed by atoms with van der Waals surface area (Å²) in [6.45, 7) is 2.96. The molecule has 0 bridgehead atoms. The maximum absolute atomic E-state index is 4.58. The highest BCUT2D eigenvalue weighted by atomic mass is 79.9. The predicted molar refractivity (Wildman–Crippen MR) is 78.1 cm³/mol. The molecule has 0 saturated heterocycles. The molecule has 5 heteroatoms. The zero-order chi connectivity index (χ0) is 12.5. The highest BCUT2D eigenvalue weighted by molar-refractivity contribution is 9.10. The second-order valence-corrected chi connectivity index (χ2v) is 6.20. The molecule has 0 amide bonds. The molecule has 2 aromatic rings. The molecule has 1 aliphatic rings. The highest BCUT2D eigenvalue weighted by Crippen LogP contribution is 2.38. The normalized spacial score (nSPS) is 14.8. The zero-order valence-corrected chi connectivity index (χ0v) is 12.5. The summed E-state index contributed by atoms with van der Waals surface area (Å²) in [6, 6.07) is 1.94. The molecule has 3 nitrogen and oxygen atoms in total. The van der Waals surface area contributed by atoms with Crippen molar-refractivity contribution < 1.29 is 0 Å². The summed E-state index contributed by atoms with van der Waals surface area (Å²) in [4.78, 5) is 9.00. The molecule has 94 valence electrons. The molecule has 1 aliphatic carbocycles. The molecular weight excluding hydrogens is 310 g/mol. The number of aryl methyl sites for hydroxylation is 1. The van der Waals surface area contributed by atoms with Gasteiger partial charge in [-0.2, -0.15) is 11.3 Å². The number of halogens is 1. The summed E-state index contributed by atoms with van der Waals surface area (Å²) in [7, 11) is 0. The van der Waals surface area contributed by atoms with Crippen molar-refractivity contribution in [3.8, 4) is 0 Å². The molecule has 0 spiro atoms. The van der Waals surface area contributed by atoms with Gasteiger partial charge in [0.1, 0.15) is 16.2 Å². The van der Waals surface area contributed by atoms with E-state index < -0.39 is 0 Å². The van der Waals surface area contributed by atoms with Crippen LogP contribution in [0, 0.1) is 6.92 Å². The first kappa shape index (κ1) is 12.1. The van der Waals surface area contributed by atoms with Crippen LogP contribution in [0.15, 0.2) is 21.4 Å². The van der Waals surface area contributed by atoms with Gasteiger partial charge in [-0.15, -0.1) is 0 Å². The third kappa shape index (κ3) is 2.72. The lowest BCUT2D eigenvalue weighted by atomic mass is 10.2. The summed E-state index contributed by atoms with van der Waals surface area (Å²) in [5, 5.41) is 7.73. The van der Waals surface area contributed by atoms with Crippen molar-refractivity contribution in [3.05, 3.63) is 38.4 Å². The van der Waals surface area contributed by atoms with Crippen LogP contribution in [0.25, 0.3) is 0 Å². The Labute approximate surface area is 119 Å². The van der Waals surface area contributed by atoms with Gasteiger partial charge in [0.15, 0.2) is 0 Å². The van der Waals surface area contributed by atoms with Crippen molar-refractivity contribution >= 4 is 33.1 Å². The Morgan fingerprint density at radius 1 is 1.39 bits per heavy atom. The number of nitrogens with one attached hydrogen (secondary N) is 1. The van der Waals surface area contributed by atoms with E-state index in [2.05, 4.69) is 48.9 Å². The number of thiophene rings is 1. The van der Waals surface area contributed by atoms with Gasteiger partial charge in [-0.25, -0.2) is 9.97 Å². The van der Waals surface area contributed by atoms with E-state index in [4.69, 9.17) is 0 Å². The van der Waals surface area contributed by atoms with E-state index in [1.54, 1.807) is 11.3 Å². The monoisotopic (exact) mass is 323 g/mol. The SMILES string of the molecule is Cc1cscc1CNc1cc(Br)nc(C2CC2)n1. The van der Waals surface area contributed by atoms with Gasteiger partial charge in [-0.05, 0) is 57.6 Å². The standard InChI is InChI=1S/C13H14BrN3S/c1-8-6-18-7-10(8)5-15-12-4-11(14)16-13(17-12)9-2-3-9/h4,6-7,9H,2-3,5H2,1H3,(H,15,16,17). The van der Waals surface area contributed by atoms with E-state index >= 15 is 0 Å². The molecular formula is C13H14BrN3S. The Bertz CT molecular complexity index is 563. The Morgan fingerprint density at radius 2 is 2.22 bits per heavy atom. The van der Waals surface area contributed by atoms with Gasteiger partial charge in [0.25, 0.3) is 0 Å². The van der Waals surface area contributed by atoms with Gasteiger partial charge in [-0.3, -0.25) is 0 Å². The fraction of sp³-hybridized carbons (Fsp3) is 0.385. The van der Waals surface area contributed by atoms with Gasteiger partial charge in [0.2, 0.25) is 0 Å². The Morgan fingerprint density at radius 3 is 2.89 bits per heavy atom. The van der Waals surface area contributed by atoms with E-state index in [1.807, 2.05) is 6.07 Å². The topological polar surface area (TPSA) is 37.8 Å². The summed E-state index contributed by atoms with van der Waals surface area (Å²) in [5.74, 6) is 2.45. The first-order valence-corrected chi connectivity index (χ1v) is 7.76. The van der Waals surface area contributed by atoms with E-state index in [-0.39, 0.29) is 0 Å². The Balaban J connectivity index is 1.74. The van der Waals surface area contributed by atoms with E-state index in [0.717, 1.165) is 22.8 Å². The molecule has 18 heavy (non-hydrogen) atoms. The molecule has 2 heterocycles. The minimum Gasteiger partial charge on any atom is -0.366 e. The maximum Gasteiger partial charge on any atom is 0.135 e. The Kier molecular flexibility index (Phi) is 3.35. The zero-order valence-electron chi connectivity index (χ0n) is 10.1.